The van der Waals surface area contributed by atoms with Crippen LogP contribution < -0.4 is 19.5 Å². The summed E-state index contributed by atoms with van der Waals surface area (Å²) in [6.07, 6.45) is 0.628. The molecule has 1 heterocycles. The van der Waals surface area contributed by atoms with Crippen molar-refractivity contribution in [1.29, 1.82) is 0 Å². The van der Waals surface area contributed by atoms with Gasteiger partial charge < -0.3 is 29.0 Å². The summed E-state index contributed by atoms with van der Waals surface area (Å²) in [4.78, 5) is 26.6. The smallest absolute Gasteiger partial charge is 0.259 e. The van der Waals surface area contributed by atoms with Gasteiger partial charge in [-0.25, -0.2) is 0 Å². The fraction of sp³-hybridized carbons (Fsp3) is 0.370. The first kappa shape index (κ1) is 26.6. The Morgan fingerprint density at radius 1 is 1.06 bits per heavy atom. The Hall–Kier alpha value is -4.01. The molecule has 9 heteroatoms. The van der Waals surface area contributed by atoms with Crippen LogP contribution in [0.25, 0.3) is 0 Å². The van der Waals surface area contributed by atoms with Gasteiger partial charge in [-0.15, -0.1) is 0 Å². The highest BCUT2D eigenvalue weighted by atomic mass is 16.5. The van der Waals surface area contributed by atoms with Gasteiger partial charge in [0, 0.05) is 25.2 Å². The van der Waals surface area contributed by atoms with Gasteiger partial charge in [0.05, 0.1) is 24.4 Å². The van der Waals surface area contributed by atoms with E-state index in [4.69, 9.17) is 18.7 Å². The number of methoxy groups -OCH3 is 1. The molecule has 0 fully saturated rings. The Bertz CT molecular complexity index is 1180. The molecule has 0 radical (unpaired) electrons. The van der Waals surface area contributed by atoms with Gasteiger partial charge in [0.15, 0.2) is 18.1 Å². The first-order valence-electron chi connectivity index (χ1n) is 11.7. The van der Waals surface area contributed by atoms with Gasteiger partial charge in [-0.05, 0) is 44.5 Å². The third-order valence-corrected chi connectivity index (χ3v) is 5.84. The number of nitrogens with one attached hydrogen (secondary N) is 1. The van der Waals surface area contributed by atoms with Gasteiger partial charge in [0.1, 0.15) is 18.1 Å². The number of aryl methyl sites for hydroxylation is 2. The third kappa shape index (κ3) is 6.35. The van der Waals surface area contributed by atoms with E-state index in [1.54, 1.807) is 38.4 Å². The predicted octanol–water partition coefficient (Wildman–Crippen LogP) is 4.23. The molecule has 0 spiro atoms. The lowest BCUT2D eigenvalue weighted by molar-refractivity contribution is -0.130. The Balaban J connectivity index is 1.73. The van der Waals surface area contributed by atoms with Crippen molar-refractivity contribution >= 4 is 11.8 Å². The monoisotopic (exact) mass is 495 g/mol. The fourth-order valence-electron chi connectivity index (χ4n) is 3.60. The largest absolute Gasteiger partial charge is 0.493 e. The molecule has 2 amide bonds. The summed E-state index contributed by atoms with van der Waals surface area (Å²) in [5, 5.41) is 6.99. The summed E-state index contributed by atoms with van der Waals surface area (Å²) in [5.41, 5.74) is 2.86. The zero-order chi connectivity index (χ0) is 26.2. The molecular formula is C27H33N3O6. The molecule has 0 saturated carbocycles. The molecule has 1 N–H and O–H groups in total. The summed E-state index contributed by atoms with van der Waals surface area (Å²) in [5.74, 6) is 1.78. The lowest BCUT2D eigenvalue weighted by atomic mass is 10.0. The maximum Gasteiger partial charge on any atom is 0.259 e. The molecule has 0 saturated heterocycles. The molecule has 0 aliphatic rings. The number of carbonyl (C=O) groups excluding carboxylic acids is 2. The molecule has 3 aromatic rings. The van der Waals surface area contributed by atoms with Gasteiger partial charge >= 0.3 is 0 Å². The van der Waals surface area contributed by atoms with Gasteiger partial charge in [-0.1, -0.05) is 30.3 Å². The van der Waals surface area contributed by atoms with E-state index in [0.29, 0.717) is 35.0 Å². The van der Waals surface area contributed by atoms with Crippen molar-refractivity contribution in [2.24, 2.45) is 0 Å². The van der Waals surface area contributed by atoms with Crippen molar-refractivity contribution in [3.05, 3.63) is 70.6 Å². The molecule has 1 atom stereocenters. The van der Waals surface area contributed by atoms with Crippen molar-refractivity contribution in [2.45, 2.75) is 39.8 Å². The van der Waals surface area contributed by atoms with E-state index in [0.717, 1.165) is 16.8 Å². The van der Waals surface area contributed by atoms with E-state index in [1.807, 2.05) is 39.0 Å². The van der Waals surface area contributed by atoms with Crippen LogP contribution in [0.15, 0.2) is 47.0 Å². The number of aromatic nitrogens is 1. The number of carbonyl (C=O) groups is 2. The van der Waals surface area contributed by atoms with Crippen LogP contribution in [0.3, 0.4) is 0 Å². The van der Waals surface area contributed by atoms with E-state index in [9.17, 15) is 9.59 Å². The molecular weight excluding hydrogens is 462 g/mol. The number of para-hydroxylation sites is 1. The van der Waals surface area contributed by atoms with E-state index in [-0.39, 0.29) is 31.1 Å². The van der Waals surface area contributed by atoms with Crippen molar-refractivity contribution in [2.75, 3.05) is 27.8 Å². The number of amides is 2. The molecule has 0 aliphatic heterocycles. The lowest BCUT2D eigenvalue weighted by Gasteiger charge is -2.21. The fourth-order valence-corrected chi connectivity index (χ4v) is 3.60. The van der Waals surface area contributed by atoms with Gasteiger partial charge in [0.25, 0.3) is 11.8 Å². The second kappa shape index (κ2) is 12.1. The second-order valence-electron chi connectivity index (χ2n) is 8.51. The number of rotatable bonds is 11. The average molecular weight is 496 g/mol. The summed E-state index contributed by atoms with van der Waals surface area (Å²) in [6.45, 7) is 5.85. The van der Waals surface area contributed by atoms with Crippen molar-refractivity contribution in [1.82, 2.24) is 15.4 Å². The molecule has 1 unspecified atom stereocenters. The van der Waals surface area contributed by atoms with Gasteiger partial charge in [0.2, 0.25) is 0 Å². The van der Waals surface area contributed by atoms with Gasteiger partial charge in [-0.3, -0.25) is 9.59 Å². The van der Waals surface area contributed by atoms with Crippen LogP contribution in [-0.2, 0) is 11.4 Å². The zero-order valence-corrected chi connectivity index (χ0v) is 21.6. The lowest BCUT2D eigenvalue weighted by Crippen LogP contribution is -2.30. The normalized spacial score (nSPS) is 11.5. The number of nitrogens with zero attached hydrogens (tertiary/aromatic N) is 2. The van der Waals surface area contributed by atoms with E-state index < -0.39 is 0 Å². The summed E-state index contributed by atoms with van der Waals surface area (Å²) < 4.78 is 22.3. The van der Waals surface area contributed by atoms with E-state index in [1.165, 1.54) is 12.0 Å². The number of likely N-dealkylation sites (N-methyl/N-ethyl adjacent to an activating group) is 1. The van der Waals surface area contributed by atoms with Gasteiger partial charge in [-0.2, -0.15) is 0 Å². The van der Waals surface area contributed by atoms with E-state index in [2.05, 4.69) is 10.5 Å². The predicted molar refractivity (Wildman–Crippen MR) is 134 cm³/mol. The Kier molecular flexibility index (Phi) is 8.94. The summed E-state index contributed by atoms with van der Waals surface area (Å²) in [7, 11) is 4.87. The second-order valence-corrected chi connectivity index (χ2v) is 8.51. The minimum Gasteiger partial charge on any atom is -0.493 e. The number of hydrogen-bond acceptors (Lipinski definition) is 7. The Morgan fingerprint density at radius 2 is 1.81 bits per heavy atom. The van der Waals surface area contributed by atoms with Crippen LogP contribution in [0, 0.1) is 13.8 Å². The van der Waals surface area contributed by atoms with Crippen LogP contribution in [0.4, 0.5) is 0 Å². The van der Waals surface area contributed by atoms with Crippen LogP contribution in [0.1, 0.15) is 52.3 Å². The van der Waals surface area contributed by atoms with Crippen molar-refractivity contribution < 1.29 is 28.3 Å². The highest BCUT2D eigenvalue weighted by Gasteiger charge is 2.20. The maximum atomic E-state index is 13.1. The Morgan fingerprint density at radius 3 is 2.44 bits per heavy atom. The molecule has 1 aromatic heterocycles. The highest BCUT2D eigenvalue weighted by molar-refractivity contribution is 5.95. The number of hydrogen-bond donors (Lipinski definition) is 1. The standard InChI is InChI=1S/C27H33N3O6/c1-7-22(20-10-8-9-11-23(20)35-16-26(31)30(4)5)28-27(32)19-12-13-24(25(14-19)33-6)34-15-21-17(2)29-36-18(21)3/h8-14,22H,7,15-16H2,1-6H3,(H,28,32). The highest BCUT2D eigenvalue weighted by Crippen LogP contribution is 2.31. The minimum absolute atomic E-state index is 0.0824. The summed E-state index contributed by atoms with van der Waals surface area (Å²) >= 11 is 0. The van der Waals surface area contributed by atoms with Crippen LogP contribution in [0.5, 0.6) is 17.2 Å². The molecule has 0 aliphatic carbocycles. The molecule has 0 bridgehead atoms. The van der Waals surface area contributed by atoms with E-state index >= 15 is 0 Å². The topological polar surface area (TPSA) is 103 Å². The zero-order valence-electron chi connectivity index (χ0n) is 21.6. The summed E-state index contributed by atoms with van der Waals surface area (Å²) in [6, 6.07) is 12.1. The van der Waals surface area contributed by atoms with Crippen molar-refractivity contribution in [3.8, 4) is 17.2 Å². The molecule has 2 aromatic carbocycles. The first-order chi connectivity index (χ1) is 17.2. The van der Waals surface area contributed by atoms with Crippen LogP contribution >= 0.6 is 0 Å². The number of benzene rings is 2. The average Bonchev–Trinajstić information content (AvgIpc) is 3.21. The third-order valence-electron chi connectivity index (χ3n) is 5.84. The Labute approximate surface area is 211 Å². The number of ether oxygens (including phenoxy) is 3. The van der Waals surface area contributed by atoms with Crippen LogP contribution in [-0.4, -0.2) is 49.7 Å². The molecule has 192 valence electrons. The SMILES string of the molecule is CCC(NC(=O)c1ccc(OCc2c(C)noc2C)c(OC)c1)c1ccccc1OCC(=O)N(C)C. The molecule has 36 heavy (non-hydrogen) atoms. The van der Waals surface area contributed by atoms with Crippen LogP contribution in [0.2, 0.25) is 0 Å². The molecule has 3 rings (SSSR count). The minimum atomic E-state index is -0.315. The van der Waals surface area contributed by atoms with Crippen molar-refractivity contribution in [3.63, 3.8) is 0 Å². The first-order valence-corrected chi connectivity index (χ1v) is 11.7. The maximum absolute atomic E-state index is 13.1. The quantitative estimate of drug-likeness (QED) is 0.425. The molecule has 9 nitrogen and oxygen atoms in total.